The normalized spacial score (nSPS) is 12.7. The Balaban J connectivity index is 2.30. The van der Waals surface area contributed by atoms with Gasteiger partial charge in [-0.25, -0.2) is 0 Å². The second-order valence-electron chi connectivity index (χ2n) is 4.84. The van der Waals surface area contributed by atoms with Crippen molar-refractivity contribution in [2.75, 3.05) is 6.54 Å². The lowest BCUT2D eigenvalue weighted by molar-refractivity contribution is 0.528. The molecule has 0 aliphatic carbocycles. The summed E-state index contributed by atoms with van der Waals surface area (Å²) in [4.78, 5) is 0. The maximum absolute atomic E-state index is 6.10. The SMILES string of the molecule is CCNC(Cc1c(Br)c(C)nn1C)c1cccc(Cl)c1. The first kappa shape index (κ1) is 15.5. The molecule has 1 atom stereocenters. The number of likely N-dealkylation sites (N-methyl/N-ethyl adjacent to an activating group) is 1. The Bertz CT molecular complexity index is 595. The van der Waals surface area contributed by atoms with Gasteiger partial charge in [0.05, 0.1) is 15.9 Å². The highest BCUT2D eigenvalue weighted by Crippen LogP contribution is 2.27. The van der Waals surface area contributed by atoms with Gasteiger partial charge >= 0.3 is 0 Å². The number of aromatic nitrogens is 2. The predicted molar refractivity (Wildman–Crippen MR) is 87.2 cm³/mol. The summed E-state index contributed by atoms with van der Waals surface area (Å²) in [5.74, 6) is 0. The third-order valence-electron chi connectivity index (χ3n) is 3.36. The first-order valence-corrected chi connectivity index (χ1v) is 7.86. The fraction of sp³-hybridized carbons (Fsp3) is 0.400. The van der Waals surface area contributed by atoms with Crippen molar-refractivity contribution in [2.45, 2.75) is 26.3 Å². The molecule has 0 aliphatic rings. The Morgan fingerprint density at radius 2 is 2.20 bits per heavy atom. The summed E-state index contributed by atoms with van der Waals surface area (Å²) < 4.78 is 3.03. The van der Waals surface area contributed by atoms with E-state index in [4.69, 9.17) is 11.6 Å². The molecule has 2 rings (SSSR count). The van der Waals surface area contributed by atoms with Crippen LogP contribution in [0.5, 0.6) is 0 Å². The van der Waals surface area contributed by atoms with Gasteiger partial charge in [0.1, 0.15) is 0 Å². The van der Waals surface area contributed by atoms with E-state index in [9.17, 15) is 0 Å². The Morgan fingerprint density at radius 3 is 2.75 bits per heavy atom. The predicted octanol–water partition coefficient (Wildman–Crippen LogP) is 4.04. The van der Waals surface area contributed by atoms with Crippen LogP contribution in [0.2, 0.25) is 5.02 Å². The molecule has 0 fully saturated rings. The van der Waals surface area contributed by atoms with Gasteiger partial charge in [0.2, 0.25) is 0 Å². The molecule has 20 heavy (non-hydrogen) atoms. The largest absolute Gasteiger partial charge is 0.310 e. The summed E-state index contributed by atoms with van der Waals surface area (Å²) in [6.07, 6.45) is 0.867. The summed E-state index contributed by atoms with van der Waals surface area (Å²) in [6, 6.07) is 8.25. The molecule has 1 aromatic heterocycles. The summed E-state index contributed by atoms with van der Waals surface area (Å²) >= 11 is 9.73. The van der Waals surface area contributed by atoms with Crippen LogP contribution in [0.1, 0.15) is 29.9 Å². The van der Waals surface area contributed by atoms with Gasteiger partial charge in [-0.3, -0.25) is 4.68 Å². The second kappa shape index (κ2) is 6.74. The van der Waals surface area contributed by atoms with Gasteiger partial charge in [0.15, 0.2) is 0 Å². The average Bonchev–Trinajstić information content (AvgIpc) is 2.64. The number of aryl methyl sites for hydroxylation is 2. The Labute approximate surface area is 133 Å². The second-order valence-corrected chi connectivity index (χ2v) is 6.07. The van der Waals surface area contributed by atoms with Gasteiger partial charge in [-0.05, 0) is 47.1 Å². The molecule has 3 nitrogen and oxygen atoms in total. The van der Waals surface area contributed by atoms with Crippen molar-refractivity contribution in [3.8, 4) is 0 Å². The van der Waals surface area contributed by atoms with E-state index in [0.717, 1.165) is 28.2 Å². The molecule has 0 amide bonds. The van der Waals surface area contributed by atoms with E-state index in [1.807, 2.05) is 36.9 Å². The minimum atomic E-state index is 0.227. The number of hydrogen-bond acceptors (Lipinski definition) is 2. The third kappa shape index (κ3) is 3.43. The Kier molecular flexibility index (Phi) is 5.24. The van der Waals surface area contributed by atoms with Crippen molar-refractivity contribution in [3.05, 3.63) is 50.7 Å². The van der Waals surface area contributed by atoms with Gasteiger partial charge in [-0.15, -0.1) is 0 Å². The van der Waals surface area contributed by atoms with Crippen LogP contribution in [-0.4, -0.2) is 16.3 Å². The van der Waals surface area contributed by atoms with E-state index < -0.39 is 0 Å². The molecule has 0 saturated heterocycles. The van der Waals surface area contributed by atoms with E-state index in [0.29, 0.717) is 0 Å². The molecule has 1 N–H and O–H groups in total. The van der Waals surface area contributed by atoms with Gasteiger partial charge in [0, 0.05) is 24.5 Å². The van der Waals surface area contributed by atoms with E-state index in [1.165, 1.54) is 11.3 Å². The lowest BCUT2D eigenvalue weighted by atomic mass is 10.0. The monoisotopic (exact) mass is 355 g/mol. The van der Waals surface area contributed by atoms with E-state index >= 15 is 0 Å². The number of benzene rings is 1. The number of rotatable bonds is 5. The molecule has 1 heterocycles. The number of nitrogens with one attached hydrogen (secondary N) is 1. The summed E-state index contributed by atoms with van der Waals surface area (Å²) in [7, 11) is 1.98. The summed E-state index contributed by atoms with van der Waals surface area (Å²) in [6.45, 7) is 5.03. The third-order valence-corrected chi connectivity index (χ3v) is 4.63. The number of nitrogens with zero attached hydrogens (tertiary/aromatic N) is 2. The first-order valence-electron chi connectivity index (χ1n) is 6.69. The number of halogens is 2. The van der Waals surface area contributed by atoms with Crippen LogP contribution >= 0.6 is 27.5 Å². The highest BCUT2D eigenvalue weighted by molar-refractivity contribution is 9.10. The first-order chi connectivity index (χ1) is 9.52. The van der Waals surface area contributed by atoms with Crippen molar-refractivity contribution in [2.24, 2.45) is 7.05 Å². The van der Waals surface area contributed by atoms with Crippen LogP contribution in [0, 0.1) is 6.92 Å². The topological polar surface area (TPSA) is 29.9 Å². The van der Waals surface area contributed by atoms with Crippen LogP contribution in [0.15, 0.2) is 28.7 Å². The summed E-state index contributed by atoms with van der Waals surface area (Å²) in [5, 5.41) is 8.74. The van der Waals surface area contributed by atoms with E-state index in [2.05, 4.69) is 39.3 Å². The molecule has 108 valence electrons. The fourth-order valence-corrected chi connectivity index (χ4v) is 3.07. The van der Waals surface area contributed by atoms with Crippen molar-refractivity contribution >= 4 is 27.5 Å². The molecule has 0 aliphatic heterocycles. The highest BCUT2D eigenvalue weighted by Gasteiger charge is 2.17. The number of hydrogen-bond donors (Lipinski definition) is 1. The zero-order valence-corrected chi connectivity index (χ0v) is 14.3. The Hall–Kier alpha value is -0.840. The van der Waals surface area contributed by atoms with E-state index in [-0.39, 0.29) is 6.04 Å². The fourth-order valence-electron chi connectivity index (χ4n) is 2.37. The molecule has 0 radical (unpaired) electrons. The van der Waals surface area contributed by atoms with Crippen LogP contribution in [0.3, 0.4) is 0 Å². The Morgan fingerprint density at radius 1 is 1.45 bits per heavy atom. The van der Waals surface area contributed by atoms with Crippen molar-refractivity contribution in [1.82, 2.24) is 15.1 Å². The molecule has 5 heteroatoms. The van der Waals surface area contributed by atoms with Crippen LogP contribution in [0.25, 0.3) is 0 Å². The standard InChI is InChI=1S/C15H19BrClN3/c1-4-18-13(11-6-5-7-12(17)8-11)9-14-15(16)10(2)19-20(14)3/h5-8,13,18H,4,9H2,1-3H3. The zero-order chi connectivity index (χ0) is 14.7. The molecular weight excluding hydrogens is 338 g/mol. The molecule has 2 aromatic rings. The zero-order valence-electron chi connectivity index (χ0n) is 12.0. The lowest BCUT2D eigenvalue weighted by Gasteiger charge is -2.19. The van der Waals surface area contributed by atoms with Crippen LogP contribution in [-0.2, 0) is 13.5 Å². The maximum Gasteiger partial charge on any atom is 0.0738 e. The van der Waals surface area contributed by atoms with Crippen LogP contribution < -0.4 is 5.32 Å². The van der Waals surface area contributed by atoms with Crippen molar-refractivity contribution in [3.63, 3.8) is 0 Å². The lowest BCUT2D eigenvalue weighted by Crippen LogP contribution is -2.24. The van der Waals surface area contributed by atoms with Gasteiger partial charge < -0.3 is 5.32 Å². The quantitative estimate of drug-likeness (QED) is 0.876. The molecule has 0 bridgehead atoms. The summed E-state index contributed by atoms with van der Waals surface area (Å²) in [5.41, 5.74) is 3.40. The minimum Gasteiger partial charge on any atom is -0.310 e. The van der Waals surface area contributed by atoms with Gasteiger partial charge in [-0.2, -0.15) is 5.10 Å². The highest BCUT2D eigenvalue weighted by atomic mass is 79.9. The molecule has 0 saturated carbocycles. The molecule has 1 unspecified atom stereocenters. The van der Waals surface area contributed by atoms with Gasteiger partial charge in [0.25, 0.3) is 0 Å². The van der Waals surface area contributed by atoms with Crippen LogP contribution in [0.4, 0.5) is 0 Å². The maximum atomic E-state index is 6.10. The average molecular weight is 357 g/mol. The minimum absolute atomic E-state index is 0.227. The van der Waals surface area contributed by atoms with Crippen molar-refractivity contribution in [1.29, 1.82) is 0 Å². The molecular formula is C15H19BrClN3. The molecule has 0 spiro atoms. The smallest absolute Gasteiger partial charge is 0.0738 e. The van der Waals surface area contributed by atoms with Crippen molar-refractivity contribution < 1.29 is 0 Å². The molecule has 1 aromatic carbocycles. The van der Waals surface area contributed by atoms with E-state index in [1.54, 1.807) is 0 Å². The van der Waals surface area contributed by atoms with Gasteiger partial charge in [-0.1, -0.05) is 30.7 Å².